The minimum absolute atomic E-state index is 0.346. The van der Waals surface area contributed by atoms with Crippen molar-refractivity contribution in [3.8, 4) is 0 Å². The largest absolute Gasteiger partial charge is 0.442 e. The van der Waals surface area contributed by atoms with E-state index < -0.39 is 30.7 Å². The molecule has 88 valence electrons. The predicted molar refractivity (Wildman–Crippen MR) is 44.7 cm³/mol. The molecule has 0 saturated heterocycles. The smallest absolute Gasteiger partial charge is 0.434 e. The van der Waals surface area contributed by atoms with Crippen molar-refractivity contribution in [3.63, 3.8) is 0 Å². The quantitative estimate of drug-likeness (QED) is 0.638. The van der Waals surface area contributed by atoms with Gasteiger partial charge in [0.2, 0.25) is 0 Å². The summed E-state index contributed by atoms with van der Waals surface area (Å²) in [6.07, 6.45) is -4.75. The van der Waals surface area contributed by atoms with E-state index in [0.717, 1.165) is 0 Å². The van der Waals surface area contributed by atoms with E-state index >= 15 is 0 Å². The number of cyclic esters (lactones) is 2. The summed E-state index contributed by atoms with van der Waals surface area (Å²) in [6, 6.07) is 0. The molecule has 0 fully saturated rings. The Bertz CT molecular complexity index is 361. The highest BCUT2D eigenvalue weighted by molar-refractivity contribution is 6.02. The maximum absolute atomic E-state index is 11.6. The summed E-state index contributed by atoms with van der Waals surface area (Å²) in [6.45, 7) is -0.416. The lowest BCUT2D eigenvalue weighted by Gasteiger charge is -2.00. The van der Waals surface area contributed by atoms with E-state index in [1.54, 1.807) is 0 Å². The summed E-state index contributed by atoms with van der Waals surface area (Å²) in [5, 5.41) is 0. The van der Waals surface area contributed by atoms with Gasteiger partial charge in [-0.1, -0.05) is 0 Å². The van der Waals surface area contributed by atoms with Crippen LogP contribution in [-0.4, -0.2) is 43.5 Å². The lowest BCUT2D eigenvalue weighted by molar-refractivity contribution is -0.0608. The van der Waals surface area contributed by atoms with Crippen molar-refractivity contribution in [1.29, 1.82) is 0 Å². The lowest BCUT2D eigenvalue weighted by atomic mass is 10.4. The van der Waals surface area contributed by atoms with E-state index in [-0.39, 0.29) is 0 Å². The van der Waals surface area contributed by atoms with Gasteiger partial charge in [-0.25, -0.2) is 9.59 Å². The average Bonchev–Trinajstić information content (AvgIpc) is 2.76. The number of hydrogen-bond donors (Lipinski definition) is 0. The molecule has 2 amide bonds. The van der Waals surface area contributed by atoms with E-state index in [4.69, 9.17) is 0 Å². The van der Waals surface area contributed by atoms with Crippen LogP contribution in [0, 0.1) is 0 Å². The molecule has 16 heavy (non-hydrogen) atoms. The minimum Gasteiger partial charge on any atom is -0.442 e. The van der Waals surface area contributed by atoms with Gasteiger partial charge in [-0.2, -0.15) is 23.2 Å². The van der Waals surface area contributed by atoms with Gasteiger partial charge in [0, 0.05) is 6.21 Å². The van der Waals surface area contributed by atoms with Crippen LogP contribution in [0.5, 0.6) is 0 Å². The predicted octanol–water partition coefficient (Wildman–Crippen LogP) is 1.35. The summed E-state index contributed by atoms with van der Waals surface area (Å²) in [5.74, 6) is 0. The molecule has 0 bridgehead atoms. The fourth-order valence-corrected chi connectivity index (χ4v) is 0.708. The fourth-order valence-electron chi connectivity index (χ4n) is 0.708. The number of alkyl halides is 3. The first-order valence-electron chi connectivity index (χ1n) is 3.90. The molecule has 9 heteroatoms. The van der Waals surface area contributed by atoms with Crippen molar-refractivity contribution in [2.24, 2.45) is 9.98 Å². The Kier molecular flexibility index (Phi) is 3.59. The Hall–Kier alpha value is -1.93. The second-order valence-corrected chi connectivity index (χ2v) is 2.50. The minimum atomic E-state index is -4.54. The highest BCUT2D eigenvalue weighted by Crippen LogP contribution is 2.20. The van der Waals surface area contributed by atoms with Crippen LogP contribution in [0.2, 0.25) is 0 Å². The van der Waals surface area contributed by atoms with Crippen LogP contribution in [0.4, 0.5) is 22.8 Å². The second-order valence-electron chi connectivity index (χ2n) is 2.50. The number of aliphatic imine (C=N–C) groups is 2. The number of nitrogens with zero attached hydrogens (tertiary/aromatic N) is 2. The Morgan fingerprint density at radius 1 is 1.19 bits per heavy atom. The molecule has 0 radical (unpaired) electrons. The van der Waals surface area contributed by atoms with Crippen molar-refractivity contribution in [1.82, 2.24) is 0 Å². The molecule has 0 aromatic rings. The van der Waals surface area contributed by atoms with Gasteiger partial charge >= 0.3 is 18.4 Å². The highest BCUT2D eigenvalue weighted by Gasteiger charge is 2.39. The zero-order valence-electron chi connectivity index (χ0n) is 7.65. The third-order valence-corrected chi connectivity index (χ3v) is 1.36. The number of ether oxygens (including phenoxy) is 2. The molecule has 0 aliphatic carbocycles. The third-order valence-electron chi connectivity index (χ3n) is 1.36. The molecule has 0 spiro atoms. The molecule has 0 saturated carbocycles. The monoisotopic (exact) mass is 238 g/mol. The van der Waals surface area contributed by atoms with Gasteiger partial charge in [-0.05, 0) is 0 Å². The number of amides is 2. The van der Waals surface area contributed by atoms with Crippen LogP contribution in [0.25, 0.3) is 0 Å². The summed E-state index contributed by atoms with van der Waals surface area (Å²) >= 11 is 0. The van der Waals surface area contributed by atoms with E-state index in [1.807, 2.05) is 0 Å². The summed E-state index contributed by atoms with van der Waals surface area (Å²) in [5.41, 5.74) is -1.17. The molecule has 0 aromatic carbocycles. The lowest BCUT2D eigenvalue weighted by Crippen LogP contribution is -2.23. The van der Waals surface area contributed by atoms with Gasteiger partial charge in [0.1, 0.15) is 13.2 Å². The SMILES string of the molecule is O=C1N=C(C(F)(F)F)CO1.O=C1N=CCO1. The first kappa shape index (κ1) is 12.1. The van der Waals surface area contributed by atoms with Crippen LogP contribution in [-0.2, 0) is 9.47 Å². The molecule has 6 nitrogen and oxygen atoms in total. The molecule has 0 N–H and O–H groups in total. The molecule has 2 rings (SSSR count). The van der Waals surface area contributed by atoms with Gasteiger partial charge in [-0.15, -0.1) is 0 Å². The van der Waals surface area contributed by atoms with Crippen molar-refractivity contribution < 1.29 is 32.2 Å². The number of carbonyl (C=O) groups excluding carboxylic acids is 2. The van der Waals surface area contributed by atoms with Crippen LogP contribution < -0.4 is 0 Å². The topological polar surface area (TPSA) is 77.3 Å². The Morgan fingerprint density at radius 2 is 1.88 bits per heavy atom. The summed E-state index contributed by atoms with van der Waals surface area (Å²) in [7, 11) is 0. The van der Waals surface area contributed by atoms with E-state index in [9.17, 15) is 22.8 Å². The molecular formula is C7H5F3N2O4. The maximum Gasteiger partial charge on any atom is 0.434 e. The number of carbonyl (C=O) groups is 2. The fraction of sp³-hybridized carbons (Fsp3) is 0.429. The first-order valence-corrected chi connectivity index (χ1v) is 3.90. The molecule has 0 aromatic heterocycles. The van der Waals surface area contributed by atoms with E-state index in [0.29, 0.717) is 6.61 Å². The van der Waals surface area contributed by atoms with Crippen molar-refractivity contribution in [3.05, 3.63) is 0 Å². The zero-order valence-corrected chi connectivity index (χ0v) is 7.65. The van der Waals surface area contributed by atoms with Gasteiger partial charge in [0.05, 0.1) is 0 Å². The molecule has 2 aliphatic rings. The first-order chi connectivity index (χ1) is 7.39. The molecule has 0 unspecified atom stereocenters. The Balaban J connectivity index is 0.000000181. The van der Waals surface area contributed by atoms with Gasteiger partial charge < -0.3 is 9.47 Å². The number of hydrogen-bond acceptors (Lipinski definition) is 4. The average molecular weight is 238 g/mol. The molecular weight excluding hydrogens is 233 g/mol. The van der Waals surface area contributed by atoms with Gasteiger partial charge in [-0.3, -0.25) is 0 Å². The van der Waals surface area contributed by atoms with Gasteiger partial charge in [0.15, 0.2) is 5.71 Å². The standard InChI is InChI=1S/C4H2F3NO2.C3H3NO2/c5-4(6,7)2-1-10-3(9)8-2;5-3-4-1-2-6-3/h1H2;1H,2H2. The molecule has 2 heterocycles. The second kappa shape index (κ2) is 4.73. The Morgan fingerprint density at radius 3 is 2.06 bits per heavy atom. The van der Waals surface area contributed by atoms with E-state index in [2.05, 4.69) is 19.5 Å². The highest BCUT2D eigenvalue weighted by atomic mass is 19.4. The van der Waals surface area contributed by atoms with Crippen LogP contribution in [0.3, 0.4) is 0 Å². The number of halogens is 3. The van der Waals surface area contributed by atoms with Crippen molar-refractivity contribution in [2.45, 2.75) is 6.18 Å². The molecule has 2 aliphatic heterocycles. The Labute approximate surface area is 86.8 Å². The maximum atomic E-state index is 11.6. The molecule has 0 atom stereocenters. The van der Waals surface area contributed by atoms with Crippen LogP contribution in [0.1, 0.15) is 0 Å². The van der Waals surface area contributed by atoms with Crippen LogP contribution >= 0.6 is 0 Å². The third kappa shape index (κ3) is 3.67. The van der Waals surface area contributed by atoms with Crippen molar-refractivity contribution in [2.75, 3.05) is 13.2 Å². The number of rotatable bonds is 0. The van der Waals surface area contributed by atoms with E-state index in [1.165, 1.54) is 6.21 Å². The van der Waals surface area contributed by atoms with Gasteiger partial charge in [0.25, 0.3) is 0 Å². The zero-order chi connectivity index (χ0) is 12.2. The van der Waals surface area contributed by atoms with Crippen LogP contribution in [0.15, 0.2) is 9.98 Å². The normalized spacial score (nSPS) is 18.6. The summed E-state index contributed by atoms with van der Waals surface area (Å²) < 4.78 is 42.9. The summed E-state index contributed by atoms with van der Waals surface area (Å²) in [4.78, 5) is 25.7. The van der Waals surface area contributed by atoms with Crippen molar-refractivity contribution >= 4 is 24.1 Å².